The van der Waals surface area contributed by atoms with Crippen LogP contribution in [-0.2, 0) is 13.6 Å². The molecule has 0 saturated heterocycles. The zero-order valence-corrected chi connectivity index (χ0v) is 15.5. The molecule has 0 fully saturated rings. The molecule has 132 valence electrons. The van der Waals surface area contributed by atoms with Crippen LogP contribution >= 0.6 is 11.3 Å². The van der Waals surface area contributed by atoms with Gasteiger partial charge in [-0.15, -0.1) is 11.3 Å². The van der Waals surface area contributed by atoms with E-state index >= 15 is 0 Å². The van der Waals surface area contributed by atoms with Crippen molar-refractivity contribution < 1.29 is 4.79 Å². The van der Waals surface area contributed by atoms with Gasteiger partial charge in [-0.2, -0.15) is 0 Å². The van der Waals surface area contributed by atoms with Gasteiger partial charge < -0.3 is 14.5 Å². The lowest BCUT2D eigenvalue weighted by molar-refractivity contribution is 0.0948. The third-order valence-electron chi connectivity index (χ3n) is 4.47. The summed E-state index contributed by atoms with van der Waals surface area (Å²) in [5.74, 6) is 0.787. The lowest BCUT2D eigenvalue weighted by atomic mass is 10.2. The molecule has 0 aliphatic rings. The van der Waals surface area contributed by atoms with Gasteiger partial charge in [-0.05, 0) is 19.1 Å². The van der Waals surface area contributed by atoms with Crippen molar-refractivity contribution in [1.29, 1.82) is 0 Å². The van der Waals surface area contributed by atoms with E-state index in [4.69, 9.17) is 0 Å². The highest BCUT2D eigenvalue weighted by atomic mass is 32.1. The fraction of sp³-hybridized carbons (Fsp3) is 0.211. The highest BCUT2D eigenvalue weighted by Gasteiger charge is 2.15. The number of aryl methyl sites for hydroxylation is 2. The molecule has 0 aliphatic heterocycles. The molecule has 0 bridgehead atoms. The fourth-order valence-corrected chi connectivity index (χ4v) is 3.86. The van der Waals surface area contributed by atoms with E-state index in [9.17, 15) is 4.79 Å². The second kappa shape index (κ2) is 6.76. The van der Waals surface area contributed by atoms with Crippen molar-refractivity contribution in [3.8, 4) is 10.7 Å². The number of amides is 1. The van der Waals surface area contributed by atoms with Gasteiger partial charge in [0.15, 0.2) is 0 Å². The summed E-state index contributed by atoms with van der Waals surface area (Å²) in [7, 11) is 2.02. The Morgan fingerprint density at radius 1 is 1.31 bits per heavy atom. The van der Waals surface area contributed by atoms with Gasteiger partial charge >= 0.3 is 0 Å². The van der Waals surface area contributed by atoms with Crippen molar-refractivity contribution in [2.75, 3.05) is 6.54 Å². The summed E-state index contributed by atoms with van der Waals surface area (Å²) in [6, 6.07) is 10.3. The molecule has 1 aromatic carbocycles. The van der Waals surface area contributed by atoms with E-state index in [1.807, 2.05) is 42.2 Å². The normalized spacial score (nSPS) is 11.2. The molecular formula is C19H19N5OS. The number of carbonyl (C=O) groups is 1. The number of nitrogens with one attached hydrogen (secondary N) is 1. The molecule has 0 spiro atoms. The Labute approximate surface area is 155 Å². The number of hydrogen-bond donors (Lipinski definition) is 1. The van der Waals surface area contributed by atoms with Crippen LogP contribution in [0, 0.1) is 6.92 Å². The molecule has 3 heterocycles. The lowest BCUT2D eigenvalue weighted by Crippen LogP contribution is -2.27. The average molecular weight is 365 g/mol. The topological polar surface area (TPSA) is 64.7 Å². The minimum Gasteiger partial charge on any atom is -0.349 e. The van der Waals surface area contributed by atoms with Crippen LogP contribution in [0.3, 0.4) is 0 Å². The third kappa shape index (κ3) is 3.01. The van der Waals surface area contributed by atoms with Crippen molar-refractivity contribution in [1.82, 2.24) is 24.4 Å². The Morgan fingerprint density at radius 2 is 2.15 bits per heavy atom. The van der Waals surface area contributed by atoms with Crippen molar-refractivity contribution in [3.63, 3.8) is 0 Å². The van der Waals surface area contributed by atoms with Gasteiger partial charge in [0.1, 0.15) is 16.5 Å². The first-order valence-electron chi connectivity index (χ1n) is 8.40. The summed E-state index contributed by atoms with van der Waals surface area (Å²) in [5, 5.41) is 6.75. The number of thiazole rings is 1. The zero-order valence-electron chi connectivity index (χ0n) is 14.6. The van der Waals surface area contributed by atoms with Gasteiger partial charge in [0.25, 0.3) is 5.91 Å². The Hall–Kier alpha value is -2.93. The van der Waals surface area contributed by atoms with Crippen LogP contribution in [0.15, 0.2) is 48.1 Å². The second-order valence-corrected chi connectivity index (χ2v) is 6.97. The predicted molar refractivity (Wildman–Crippen MR) is 103 cm³/mol. The Balaban J connectivity index is 1.47. The smallest absolute Gasteiger partial charge is 0.270 e. The number of para-hydroxylation sites is 1. The third-order valence-corrected chi connectivity index (χ3v) is 5.33. The molecule has 7 heteroatoms. The average Bonchev–Trinajstić information content (AvgIpc) is 3.35. The van der Waals surface area contributed by atoms with Crippen LogP contribution < -0.4 is 5.32 Å². The van der Waals surface area contributed by atoms with Crippen molar-refractivity contribution in [2.24, 2.45) is 7.05 Å². The van der Waals surface area contributed by atoms with Crippen LogP contribution in [0.1, 0.15) is 16.3 Å². The summed E-state index contributed by atoms with van der Waals surface area (Å²) >= 11 is 1.49. The van der Waals surface area contributed by atoms with Crippen LogP contribution in [0.5, 0.6) is 0 Å². The predicted octanol–water partition coefficient (Wildman–Crippen LogP) is 3.24. The first-order chi connectivity index (χ1) is 12.6. The van der Waals surface area contributed by atoms with Crippen LogP contribution in [-0.4, -0.2) is 31.6 Å². The van der Waals surface area contributed by atoms with Gasteiger partial charge in [-0.3, -0.25) is 4.79 Å². The summed E-state index contributed by atoms with van der Waals surface area (Å²) in [6.45, 7) is 3.17. The summed E-state index contributed by atoms with van der Waals surface area (Å²) < 4.78 is 4.11. The summed E-state index contributed by atoms with van der Waals surface area (Å²) in [6.07, 6.45) is 3.66. The van der Waals surface area contributed by atoms with E-state index in [1.54, 1.807) is 6.20 Å². The zero-order chi connectivity index (χ0) is 18.1. The number of rotatable bonds is 5. The SMILES string of the molecule is Cc1nccn1CCNC(=O)c1csc(-c2cc3ccccc3n2C)n1. The molecule has 6 nitrogen and oxygen atoms in total. The maximum absolute atomic E-state index is 12.4. The van der Waals surface area contributed by atoms with Gasteiger partial charge in [0.05, 0.1) is 5.69 Å². The molecule has 4 rings (SSSR count). The van der Waals surface area contributed by atoms with Gasteiger partial charge in [0.2, 0.25) is 0 Å². The van der Waals surface area contributed by atoms with Gasteiger partial charge in [-0.25, -0.2) is 9.97 Å². The van der Waals surface area contributed by atoms with Gasteiger partial charge in [0, 0.05) is 48.8 Å². The lowest BCUT2D eigenvalue weighted by Gasteiger charge is -2.06. The molecule has 1 N–H and O–H groups in total. The number of benzene rings is 1. The standard InChI is InChI=1S/C19H19N5OS/c1-13-20-7-9-24(13)10-8-21-18(25)15-12-26-19(22-15)17-11-14-5-3-4-6-16(14)23(17)2/h3-7,9,11-12H,8,10H2,1-2H3,(H,21,25). The highest BCUT2D eigenvalue weighted by molar-refractivity contribution is 7.13. The second-order valence-electron chi connectivity index (χ2n) is 6.11. The molecule has 0 saturated carbocycles. The maximum Gasteiger partial charge on any atom is 0.270 e. The van der Waals surface area contributed by atoms with E-state index in [0.717, 1.165) is 22.0 Å². The number of hydrogen-bond acceptors (Lipinski definition) is 4. The number of aromatic nitrogens is 4. The van der Waals surface area contributed by atoms with Crippen molar-refractivity contribution >= 4 is 28.1 Å². The van der Waals surface area contributed by atoms with E-state index in [1.165, 1.54) is 16.7 Å². The maximum atomic E-state index is 12.4. The van der Waals surface area contributed by atoms with Crippen LogP contribution in [0.2, 0.25) is 0 Å². The van der Waals surface area contributed by atoms with E-state index in [-0.39, 0.29) is 5.91 Å². The first kappa shape index (κ1) is 16.5. The van der Waals surface area contributed by atoms with E-state index in [0.29, 0.717) is 18.8 Å². The quantitative estimate of drug-likeness (QED) is 0.590. The molecule has 26 heavy (non-hydrogen) atoms. The Bertz CT molecular complexity index is 1070. The minimum absolute atomic E-state index is 0.149. The Kier molecular flexibility index (Phi) is 4.30. The number of imidazole rings is 1. The monoisotopic (exact) mass is 365 g/mol. The van der Waals surface area contributed by atoms with Gasteiger partial charge in [-0.1, -0.05) is 18.2 Å². The largest absolute Gasteiger partial charge is 0.349 e. The molecule has 0 radical (unpaired) electrons. The summed E-state index contributed by atoms with van der Waals surface area (Å²) in [4.78, 5) is 21.1. The molecule has 1 amide bonds. The number of carbonyl (C=O) groups excluding carboxylic acids is 1. The first-order valence-corrected chi connectivity index (χ1v) is 9.28. The molecule has 3 aromatic heterocycles. The number of nitrogens with zero attached hydrogens (tertiary/aromatic N) is 4. The number of fused-ring (bicyclic) bond motifs is 1. The van der Waals surface area contributed by atoms with Crippen LogP contribution in [0.25, 0.3) is 21.6 Å². The molecule has 4 aromatic rings. The summed E-state index contributed by atoms with van der Waals surface area (Å²) in [5.41, 5.74) is 2.63. The fourth-order valence-electron chi connectivity index (χ4n) is 3.01. The molecule has 0 unspecified atom stereocenters. The Morgan fingerprint density at radius 3 is 2.92 bits per heavy atom. The molecular weight excluding hydrogens is 346 g/mol. The highest BCUT2D eigenvalue weighted by Crippen LogP contribution is 2.29. The minimum atomic E-state index is -0.149. The van der Waals surface area contributed by atoms with Crippen molar-refractivity contribution in [3.05, 3.63) is 59.6 Å². The van der Waals surface area contributed by atoms with E-state index < -0.39 is 0 Å². The van der Waals surface area contributed by atoms with Crippen LogP contribution in [0.4, 0.5) is 0 Å². The van der Waals surface area contributed by atoms with E-state index in [2.05, 4.69) is 38.1 Å². The van der Waals surface area contributed by atoms with Crippen molar-refractivity contribution in [2.45, 2.75) is 13.5 Å². The molecule has 0 aliphatic carbocycles. The molecule has 0 atom stereocenters.